The van der Waals surface area contributed by atoms with Gasteiger partial charge in [0.05, 0.1) is 11.3 Å². The highest BCUT2D eigenvalue weighted by molar-refractivity contribution is 6.05. The van der Waals surface area contributed by atoms with Crippen LogP contribution in [0.15, 0.2) is 48.8 Å². The van der Waals surface area contributed by atoms with E-state index in [4.69, 9.17) is 0 Å². The SMILES string of the molecule is CN(C)C1CN(c2ncc(C(=O)Nc3ccc(OC(F)(F)F)cc3)cc2-c2ccn[nH]2)C1. The number of pyridine rings is 1. The number of likely N-dealkylation sites (N-methyl/N-ethyl adjacent to an activating group) is 1. The van der Waals surface area contributed by atoms with Gasteiger partial charge in [0.15, 0.2) is 0 Å². The molecule has 168 valence electrons. The van der Waals surface area contributed by atoms with Gasteiger partial charge < -0.3 is 19.9 Å². The Morgan fingerprint density at radius 2 is 1.94 bits per heavy atom. The molecule has 1 fully saturated rings. The lowest BCUT2D eigenvalue weighted by Crippen LogP contribution is -2.57. The Morgan fingerprint density at radius 3 is 2.53 bits per heavy atom. The lowest BCUT2D eigenvalue weighted by molar-refractivity contribution is -0.274. The van der Waals surface area contributed by atoms with Crippen LogP contribution in [0.5, 0.6) is 5.75 Å². The molecule has 2 N–H and O–H groups in total. The molecule has 8 nitrogen and oxygen atoms in total. The average molecular weight is 446 g/mol. The number of H-pyrrole nitrogens is 1. The predicted molar refractivity (Wildman–Crippen MR) is 113 cm³/mol. The molecule has 1 aliphatic heterocycles. The molecule has 1 amide bonds. The maximum absolute atomic E-state index is 12.7. The maximum Gasteiger partial charge on any atom is 0.573 e. The van der Waals surface area contributed by atoms with Crippen molar-refractivity contribution in [3.63, 3.8) is 0 Å². The molecule has 0 spiro atoms. The number of anilines is 2. The minimum Gasteiger partial charge on any atom is -0.406 e. The largest absolute Gasteiger partial charge is 0.573 e. The number of nitrogens with zero attached hydrogens (tertiary/aromatic N) is 4. The van der Waals surface area contributed by atoms with Crippen LogP contribution in [0.3, 0.4) is 0 Å². The normalized spacial score (nSPS) is 14.4. The molecule has 32 heavy (non-hydrogen) atoms. The van der Waals surface area contributed by atoms with Crippen molar-refractivity contribution in [1.82, 2.24) is 20.1 Å². The third kappa shape index (κ3) is 4.83. The number of aromatic amines is 1. The van der Waals surface area contributed by atoms with Crippen LogP contribution in [0.1, 0.15) is 10.4 Å². The second-order valence-electron chi connectivity index (χ2n) is 7.61. The highest BCUT2D eigenvalue weighted by Gasteiger charge is 2.32. The summed E-state index contributed by atoms with van der Waals surface area (Å²) in [4.78, 5) is 21.5. The van der Waals surface area contributed by atoms with Crippen LogP contribution in [0, 0.1) is 0 Å². The number of alkyl halides is 3. The van der Waals surface area contributed by atoms with Gasteiger partial charge >= 0.3 is 6.36 Å². The van der Waals surface area contributed by atoms with Crippen molar-refractivity contribution in [3.05, 3.63) is 54.4 Å². The summed E-state index contributed by atoms with van der Waals surface area (Å²) in [6.45, 7) is 1.64. The Hall–Kier alpha value is -3.60. The Balaban J connectivity index is 1.52. The van der Waals surface area contributed by atoms with Gasteiger partial charge in [-0.15, -0.1) is 13.2 Å². The smallest absolute Gasteiger partial charge is 0.406 e. The number of nitrogens with one attached hydrogen (secondary N) is 2. The molecular weight excluding hydrogens is 425 g/mol. The number of amides is 1. The first-order valence-electron chi connectivity index (χ1n) is 9.78. The Kier molecular flexibility index (Phi) is 5.74. The number of hydrogen-bond acceptors (Lipinski definition) is 6. The highest BCUT2D eigenvalue weighted by atomic mass is 19.4. The molecule has 1 aliphatic rings. The first-order valence-corrected chi connectivity index (χ1v) is 9.78. The fraction of sp³-hybridized carbons (Fsp3) is 0.286. The summed E-state index contributed by atoms with van der Waals surface area (Å²) in [6, 6.07) is 8.87. The third-order valence-electron chi connectivity index (χ3n) is 5.16. The Bertz CT molecular complexity index is 1080. The van der Waals surface area contributed by atoms with Gasteiger partial charge in [0.25, 0.3) is 5.91 Å². The minimum absolute atomic E-state index is 0.304. The standard InChI is InChI=1S/C21H21F3N6O2/c1-29(2)15-11-30(12-15)19-17(18-7-8-26-28-18)9-13(10-25-19)20(31)27-14-3-5-16(6-4-14)32-21(22,23)24/h3-10,15H,11-12H2,1-2H3,(H,26,28)(H,27,31). The van der Waals surface area contributed by atoms with Crippen molar-refractivity contribution in [3.8, 4) is 17.0 Å². The second-order valence-corrected chi connectivity index (χ2v) is 7.61. The second kappa shape index (κ2) is 8.50. The number of ether oxygens (including phenoxy) is 1. The molecule has 1 aromatic carbocycles. The molecule has 0 atom stereocenters. The van der Waals surface area contributed by atoms with Crippen molar-refractivity contribution < 1.29 is 22.7 Å². The van der Waals surface area contributed by atoms with Crippen LogP contribution < -0.4 is 15.0 Å². The number of rotatable bonds is 6. The van der Waals surface area contributed by atoms with Crippen molar-refractivity contribution in [2.45, 2.75) is 12.4 Å². The van der Waals surface area contributed by atoms with E-state index in [1.54, 1.807) is 18.3 Å². The average Bonchev–Trinajstić information content (AvgIpc) is 3.22. The Labute approximate surface area is 182 Å². The number of hydrogen-bond donors (Lipinski definition) is 2. The molecule has 3 heterocycles. The molecular formula is C21H21F3N6O2. The molecule has 0 radical (unpaired) electrons. The minimum atomic E-state index is -4.77. The van der Waals surface area contributed by atoms with Crippen LogP contribution >= 0.6 is 0 Å². The first kappa shape index (κ1) is 21.6. The van der Waals surface area contributed by atoms with Crippen molar-refractivity contribution >= 4 is 17.4 Å². The highest BCUT2D eigenvalue weighted by Crippen LogP contribution is 2.32. The van der Waals surface area contributed by atoms with Gasteiger partial charge in [-0.25, -0.2) is 4.98 Å². The van der Waals surface area contributed by atoms with E-state index in [9.17, 15) is 18.0 Å². The van der Waals surface area contributed by atoms with E-state index >= 15 is 0 Å². The number of benzene rings is 1. The Morgan fingerprint density at radius 1 is 1.22 bits per heavy atom. The summed E-state index contributed by atoms with van der Waals surface area (Å²) in [5, 5.41) is 9.55. The van der Waals surface area contributed by atoms with Crippen LogP contribution in [-0.4, -0.2) is 65.6 Å². The van der Waals surface area contributed by atoms with Gasteiger partial charge in [-0.2, -0.15) is 5.10 Å². The van der Waals surface area contributed by atoms with E-state index in [0.29, 0.717) is 17.3 Å². The van der Waals surface area contributed by atoms with Crippen LogP contribution in [0.4, 0.5) is 24.7 Å². The fourth-order valence-electron chi connectivity index (χ4n) is 3.34. The lowest BCUT2D eigenvalue weighted by atomic mass is 10.0. The van der Waals surface area contributed by atoms with E-state index in [-0.39, 0.29) is 5.75 Å². The van der Waals surface area contributed by atoms with E-state index in [0.717, 1.165) is 42.3 Å². The molecule has 0 unspecified atom stereocenters. The lowest BCUT2D eigenvalue weighted by Gasteiger charge is -2.44. The summed E-state index contributed by atoms with van der Waals surface area (Å²) < 4.78 is 40.7. The van der Waals surface area contributed by atoms with E-state index in [1.807, 2.05) is 14.1 Å². The van der Waals surface area contributed by atoms with Gasteiger partial charge in [0.2, 0.25) is 0 Å². The van der Waals surface area contributed by atoms with Gasteiger partial charge in [-0.3, -0.25) is 9.89 Å². The number of halogens is 3. The molecule has 4 rings (SSSR count). The molecule has 2 aromatic heterocycles. The van der Waals surface area contributed by atoms with Gasteiger partial charge in [-0.05, 0) is 50.5 Å². The first-order chi connectivity index (χ1) is 15.2. The van der Waals surface area contributed by atoms with Gasteiger partial charge in [0.1, 0.15) is 11.6 Å². The molecule has 1 saturated heterocycles. The molecule has 3 aromatic rings. The zero-order chi connectivity index (χ0) is 22.9. The maximum atomic E-state index is 12.7. The van der Waals surface area contributed by atoms with E-state index in [1.165, 1.54) is 18.3 Å². The fourth-order valence-corrected chi connectivity index (χ4v) is 3.34. The quantitative estimate of drug-likeness (QED) is 0.604. The number of aromatic nitrogens is 3. The van der Waals surface area contributed by atoms with Crippen LogP contribution in [-0.2, 0) is 0 Å². The number of carbonyl (C=O) groups is 1. The van der Waals surface area contributed by atoms with E-state index < -0.39 is 12.3 Å². The predicted octanol–water partition coefficient (Wildman–Crippen LogP) is 3.37. The van der Waals surface area contributed by atoms with E-state index in [2.05, 4.69) is 35.0 Å². The summed E-state index contributed by atoms with van der Waals surface area (Å²) in [5.41, 5.74) is 2.09. The van der Waals surface area contributed by atoms with Gasteiger partial charge in [0, 0.05) is 42.8 Å². The van der Waals surface area contributed by atoms with Crippen LogP contribution in [0.2, 0.25) is 0 Å². The number of carbonyl (C=O) groups excluding carboxylic acids is 1. The van der Waals surface area contributed by atoms with Crippen molar-refractivity contribution in [2.24, 2.45) is 0 Å². The molecule has 11 heteroatoms. The zero-order valence-corrected chi connectivity index (χ0v) is 17.3. The zero-order valence-electron chi connectivity index (χ0n) is 17.3. The molecule has 0 aliphatic carbocycles. The molecule has 0 bridgehead atoms. The van der Waals surface area contributed by atoms with Crippen LogP contribution in [0.25, 0.3) is 11.3 Å². The molecule has 0 saturated carbocycles. The topological polar surface area (TPSA) is 86.4 Å². The van der Waals surface area contributed by atoms with Crippen molar-refractivity contribution in [2.75, 3.05) is 37.4 Å². The summed E-state index contributed by atoms with van der Waals surface area (Å²) in [6.07, 6.45) is -1.67. The third-order valence-corrected chi connectivity index (χ3v) is 5.16. The summed E-state index contributed by atoms with van der Waals surface area (Å²) in [5.74, 6) is -0.0599. The monoisotopic (exact) mass is 446 g/mol. The summed E-state index contributed by atoms with van der Waals surface area (Å²) in [7, 11) is 4.06. The summed E-state index contributed by atoms with van der Waals surface area (Å²) >= 11 is 0. The van der Waals surface area contributed by atoms with Crippen molar-refractivity contribution in [1.29, 1.82) is 0 Å². The van der Waals surface area contributed by atoms with Gasteiger partial charge in [-0.1, -0.05) is 0 Å².